The number of aliphatic hydroxyl groups is 1. The van der Waals surface area contributed by atoms with Crippen LogP contribution in [0.5, 0.6) is 0 Å². The lowest BCUT2D eigenvalue weighted by Gasteiger charge is -2.33. The fourth-order valence-electron chi connectivity index (χ4n) is 3.34. The molecule has 1 aliphatic rings. The van der Waals surface area contributed by atoms with Gasteiger partial charge in [-0.25, -0.2) is 4.98 Å². The molecule has 0 saturated carbocycles. The lowest BCUT2D eigenvalue weighted by Crippen LogP contribution is -2.26. The Morgan fingerprint density at radius 2 is 2.22 bits per heavy atom. The van der Waals surface area contributed by atoms with E-state index in [1.54, 1.807) is 11.3 Å². The Labute approximate surface area is 140 Å². The Balaban J connectivity index is 1.94. The summed E-state index contributed by atoms with van der Waals surface area (Å²) in [4.78, 5) is 22.2. The molecule has 1 atom stereocenters. The van der Waals surface area contributed by atoms with Gasteiger partial charge in [-0.3, -0.25) is 4.79 Å². The van der Waals surface area contributed by atoms with E-state index in [-0.39, 0.29) is 12.2 Å². The van der Waals surface area contributed by atoms with E-state index in [1.165, 1.54) is 10.4 Å². The first-order chi connectivity index (χ1) is 10.9. The number of hydrogen-bond donors (Lipinski definition) is 3. The van der Waals surface area contributed by atoms with Crippen LogP contribution in [0.4, 0.5) is 0 Å². The van der Waals surface area contributed by atoms with Gasteiger partial charge in [0.2, 0.25) is 0 Å². The summed E-state index contributed by atoms with van der Waals surface area (Å²) in [6, 6.07) is 0. The van der Waals surface area contributed by atoms with Crippen molar-refractivity contribution >= 4 is 21.6 Å². The van der Waals surface area contributed by atoms with Crippen LogP contribution in [0.1, 0.15) is 43.5 Å². The second kappa shape index (κ2) is 6.34. The van der Waals surface area contributed by atoms with Gasteiger partial charge in [-0.15, -0.1) is 11.3 Å². The average Bonchev–Trinajstić information content (AvgIpc) is 2.84. The highest BCUT2D eigenvalue weighted by Gasteiger charge is 2.31. The predicted octanol–water partition coefficient (Wildman–Crippen LogP) is 2.22. The number of fused-ring (bicyclic) bond motifs is 3. The number of thiophene rings is 1. The molecule has 1 aliphatic carbocycles. The minimum absolute atomic E-state index is 0.0255. The number of aryl methyl sites for hydroxylation is 1. The second-order valence-electron chi connectivity index (χ2n) is 7.40. The maximum absolute atomic E-state index is 12.5. The SMILES string of the molecule is CC(C)(C)C1CCc2c(sc3nc(CNCCO)[nH]c(=O)c23)C1. The van der Waals surface area contributed by atoms with Gasteiger partial charge in [0.1, 0.15) is 10.7 Å². The molecule has 1 unspecified atom stereocenters. The van der Waals surface area contributed by atoms with Gasteiger partial charge in [-0.2, -0.15) is 0 Å². The van der Waals surface area contributed by atoms with E-state index in [4.69, 9.17) is 5.11 Å². The third-order valence-electron chi connectivity index (χ3n) is 4.77. The zero-order chi connectivity index (χ0) is 16.6. The van der Waals surface area contributed by atoms with Crippen LogP contribution < -0.4 is 10.9 Å². The van der Waals surface area contributed by atoms with Crippen LogP contribution >= 0.6 is 11.3 Å². The highest BCUT2D eigenvalue weighted by atomic mass is 32.1. The van der Waals surface area contributed by atoms with Gasteiger partial charge in [-0.05, 0) is 36.2 Å². The zero-order valence-corrected chi connectivity index (χ0v) is 14.8. The molecule has 3 N–H and O–H groups in total. The van der Waals surface area contributed by atoms with E-state index in [0.717, 1.165) is 29.5 Å². The van der Waals surface area contributed by atoms with E-state index in [9.17, 15) is 4.79 Å². The Bertz CT molecular complexity index is 758. The molecule has 0 amide bonds. The van der Waals surface area contributed by atoms with Crippen LogP contribution in [0.25, 0.3) is 10.2 Å². The van der Waals surface area contributed by atoms with Crippen LogP contribution in [0.2, 0.25) is 0 Å². The summed E-state index contributed by atoms with van der Waals surface area (Å²) in [6.45, 7) is 7.94. The number of nitrogens with one attached hydrogen (secondary N) is 2. The average molecular weight is 335 g/mol. The summed E-state index contributed by atoms with van der Waals surface area (Å²) in [5.41, 5.74) is 1.49. The normalized spacial score (nSPS) is 18.3. The predicted molar refractivity (Wildman–Crippen MR) is 94.0 cm³/mol. The quantitative estimate of drug-likeness (QED) is 0.749. The Hall–Kier alpha value is -1.24. The van der Waals surface area contributed by atoms with Crippen LogP contribution in [-0.2, 0) is 19.4 Å². The number of nitrogens with zero attached hydrogens (tertiary/aromatic N) is 1. The van der Waals surface area contributed by atoms with Crippen LogP contribution in [-0.4, -0.2) is 28.2 Å². The van der Waals surface area contributed by atoms with Crippen molar-refractivity contribution in [2.45, 2.75) is 46.6 Å². The van der Waals surface area contributed by atoms with Crippen LogP contribution in [0.3, 0.4) is 0 Å². The summed E-state index contributed by atoms with van der Waals surface area (Å²) in [6.07, 6.45) is 3.17. The van der Waals surface area contributed by atoms with Crippen molar-refractivity contribution in [2.75, 3.05) is 13.2 Å². The molecule has 6 heteroatoms. The van der Waals surface area contributed by atoms with E-state index < -0.39 is 0 Å². The number of hydrogen-bond acceptors (Lipinski definition) is 5. The first kappa shape index (κ1) is 16.6. The Morgan fingerprint density at radius 3 is 2.91 bits per heavy atom. The molecule has 0 aliphatic heterocycles. The molecule has 23 heavy (non-hydrogen) atoms. The Morgan fingerprint density at radius 1 is 1.43 bits per heavy atom. The largest absolute Gasteiger partial charge is 0.395 e. The maximum atomic E-state index is 12.5. The number of H-pyrrole nitrogens is 1. The van der Waals surface area contributed by atoms with Gasteiger partial charge in [0, 0.05) is 11.4 Å². The van der Waals surface area contributed by atoms with Gasteiger partial charge >= 0.3 is 0 Å². The molecule has 0 aromatic carbocycles. The third kappa shape index (κ3) is 3.34. The number of rotatable bonds is 4. The minimum Gasteiger partial charge on any atom is -0.395 e. The van der Waals surface area contributed by atoms with Crippen LogP contribution in [0.15, 0.2) is 4.79 Å². The smallest absolute Gasteiger partial charge is 0.259 e. The molecule has 0 saturated heterocycles. The molecule has 0 fully saturated rings. The second-order valence-corrected chi connectivity index (χ2v) is 8.49. The van der Waals surface area contributed by atoms with E-state index in [0.29, 0.717) is 30.2 Å². The molecule has 2 aromatic rings. The van der Waals surface area contributed by atoms with Crippen molar-refractivity contribution in [3.63, 3.8) is 0 Å². The highest BCUT2D eigenvalue weighted by molar-refractivity contribution is 7.18. The van der Waals surface area contributed by atoms with Gasteiger partial charge in [-0.1, -0.05) is 20.8 Å². The van der Waals surface area contributed by atoms with Gasteiger partial charge in [0.15, 0.2) is 0 Å². The molecule has 126 valence electrons. The molecule has 2 aromatic heterocycles. The fraction of sp³-hybridized carbons (Fsp3) is 0.647. The zero-order valence-electron chi connectivity index (χ0n) is 14.0. The summed E-state index contributed by atoms with van der Waals surface area (Å²) in [5, 5.41) is 12.7. The van der Waals surface area contributed by atoms with Crippen LogP contribution in [0, 0.1) is 11.3 Å². The van der Waals surface area contributed by atoms with Crippen molar-refractivity contribution < 1.29 is 5.11 Å². The highest BCUT2D eigenvalue weighted by Crippen LogP contribution is 2.41. The van der Waals surface area contributed by atoms with Crippen molar-refractivity contribution in [3.8, 4) is 0 Å². The molecule has 3 rings (SSSR count). The standard InChI is InChI=1S/C17H25N3O2S/c1-17(2,3)10-4-5-11-12(8-10)23-16-14(11)15(22)19-13(20-16)9-18-6-7-21/h10,18,21H,4-9H2,1-3H3,(H,19,20,22). The number of aromatic nitrogens is 2. The van der Waals surface area contributed by atoms with Crippen molar-refractivity contribution in [2.24, 2.45) is 11.3 Å². The summed E-state index contributed by atoms with van der Waals surface area (Å²) in [7, 11) is 0. The monoisotopic (exact) mass is 335 g/mol. The maximum Gasteiger partial charge on any atom is 0.259 e. The summed E-state index contributed by atoms with van der Waals surface area (Å²) >= 11 is 1.68. The summed E-state index contributed by atoms with van der Waals surface area (Å²) < 4.78 is 0. The first-order valence-electron chi connectivity index (χ1n) is 8.25. The molecule has 0 radical (unpaired) electrons. The molecule has 5 nitrogen and oxygen atoms in total. The van der Waals surface area contributed by atoms with E-state index in [1.807, 2.05) is 0 Å². The molecule has 2 heterocycles. The van der Waals surface area contributed by atoms with E-state index in [2.05, 4.69) is 36.1 Å². The number of aromatic amines is 1. The topological polar surface area (TPSA) is 78.0 Å². The van der Waals surface area contributed by atoms with Crippen molar-refractivity contribution in [1.29, 1.82) is 0 Å². The molecular weight excluding hydrogens is 310 g/mol. The Kier molecular flexibility index (Phi) is 4.58. The van der Waals surface area contributed by atoms with Crippen molar-refractivity contribution in [1.82, 2.24) is 15.3 Å². The molecular formula is C17H25N3O2S. The molecule has 0 spiro atoms. The van der Waals surface area contributed by atoms with Gasteiger partial charge < -0.3 is 15.4 Å². The lowest BCUT2D eigenvalue weighted by atomic mass is 9.72. The van der Waals surface area contributed by atoms with Crippen molar-refractivity contribution in [3.05, 3.63) is 26.6 Å². The van der Waals surface area contributed by atoms with Gasteiger partial charge in [0.05, 0.1) is 18.5 Å². The fourth-order valence-corrected chi connectivity index (χ4v) is 4.66. The minimum atomic E-state index is -0.0255. The van der Waals surface area contributed by atoms with Gasteiger partial charge in [0.25, 0.3) is 5.56 Å². The first-order valence-corrected chi connectivity index (χ1v) is 9.07. The number of aliphatic hydroxyl groups excluding tert-OH is 1. The molecule has 0 bridgehead atoms. The lowest BCUT2D eigenvalue weighted by molar-refractivity contribution is 0.218. The van der Waals surface area contributed by atoms with E-state index >= 15 is 0 Å². The summed E-state index contributed by atoms with van der Waals surface area (Å²) in [5.74, 6) is 1.30. The third-order valence-corrected chi connectivity index (χ3v) is 5.92.